The summed E-state index contributed by atoms with van der Waals surface area (Å²) in [5.41, 5.74) is 0. The van der Waals surface area contributed by atoms with Gasteiger partial charge in [-0.25, -0.2) is 0 Å². The molecule has 0 saturated carbocycles. The number of likely N-dealkylation sites (tertiary alicyclic amines) is 1. The molecule has 0 aromatic carbocycles. The van der Waals surface area contributed by atoms with Crippen molar-refractivity contribution < 1.29 is 19.3 Å². The van der Waals surface area contributed by atoms with Crippen molar-refractivity contribution in [2.24, 2.45) is 5.92 Å². The van der Waals surface area contributed by atoms with Gasteiger partial charge in [0, 0.05) is 6.54 Å². The van der Waals surface area contributed by atoms with Crippen LogP contribution in [-0.4, -0.2) is 49.5 Å². The molecule has 0 amide bonds. The molecule has 1 rings (SSSR count). The lowest BCUT2D eigenvalue weighted by molar-refractivity contribution is -0.142. The van der Waals surface area contributed by atoms with Crippen LogP contribution in [0.3, 0.4) is 0 Å². The number of hydrogen-bond acceptors (Lipinski definition) is 5. The van der Waals surface area contributed by atoms with Crippen molar-refractivity contribution in [2.45, 2.75) is 0 Å². The predicted octanol–water partition coefficient (Wildman–Crippen LogP) is -2.08. The third-order valence-electron chi connectivity index (χ3n) is 1.80. The van der Waals surface area contributed by atoms with E-state index in [-0.39, 0.29) is 12.3 Å². The average molecular weight is 171 g/mol. The van der Waals surface area contributed by atoms with Crippen molar-refractivity contribution in [3.8, 4) is 0 Å². The highest BCUT2D eigenvalue weighted by Gasteiger charge is 2.35. The van der Waals surface area contributed by atoms with Gasteiger partial charge in [0.05, 0.1) is 6.54 Å². The molecule has 1 aliphatic rings. The molecule has 1 fully saturated rings. The van der Waals surface area contributed by atoms with Crippen LogP contribution in [0.1, 0.15) is 0 Å². The third-order valence-corrected chi connectivity index (χ3v) is 1.80. The van der Waals surface area contributed by atoms with Gasteiger partial charge in [0.15, 0.2) is 5.78 Å². The van der Waals surface area contributed by atoms with Crippen LogP contribution in [0.2, 0.25) is 0 Å². The van der Waals surface area contributed by atoms with Gasteiger partial charge in [-0.1, -0.05) is 0 Å². The largest absolute Gasteiger partial charge is 0.512 e. The zero-order valence-corrected chi connectivity index (χ0v) is 6.82. The van der Waals surface area contributed by atoms with Crippen molar-refractivity contribution in [3.63, 3.8) is 0 Å². The molecule has 66 valence electrons. The molecular formula is C6H10BNO4. The molecular weight excluding hydrogens is 161 g/mol. The fourth-order valence-electron chi connectivity index (χ4n) is 1.22. The van der Waals surface area contributed by atoms with Crippen LogP contribution >= 0.6 is 0 Å². The zero-order valence-electron chi connectivity index (χ0n) is 6.82. The number of nitrogens with zero attached hydrogens (tertiary/aromatic N) is 1. The molecule has 0 aromatic rings. The fraction of sp³-hybridized carbons (Fsp3) is 0.667. The Morgan fingerprint density at radius 2 is 2.50 bits per heavy atom. The summed E-state index contributed by atoms with van der Waals surface area (Å²) in [6, 6.07) is 0. The Morgan fingerprint density at radius 3 is 2.92 bits per heavy atom. The first kappa shape index (κ1) is 9.21. The molecule has 6 heteroatoms. The van der Waals surface area contributed by atoms with Gasteiger partial charge in [-0.05, 0) is 7.05 Å². The van der Waals surface area contributed by atoms with Crippen LogP contribution in [0.15, 0.2) is 0 Å². The van der Waals surface area contributed by atoms with Gasteiger partial charge in [0.2, 0.25) is 0 Å². The highest BCUT2D eigenvalue weighted by Crippen LogP contribution is 2.11. The minimum absolute atomic E-state index is 0.143. The van der Waals surface area contributed by atoms with E-state index in [4.69, 9.17) is 5.02 Å². The molecule has 1 saturated heterocycles. The Balaban J connectivity index is 2.52. The molecule has 1 aliphatic heterocycles. The molecule has 1 N–H and O–H groups in total. The lowest BCUT2D eigenvalue weighted by Gasteiger charge is -2.06. The Bertz CT molecular complexity index is 208. The number of likely N-dealkylation sites (N-methyl/N-ethyl adjacent to an activating group) is 1. The van der Waals surface area contributed by atoms with Gasteiger partial charge in [-0.3, -0.25) is 14.5 Å². The van der Waals surface area contributed by atoms with E-state index in [2.05, 4.69) is 4.65 Å². The van der Waals surface area contributed by atoms with E-state index >= 15 is 0 Å². The van der Waals surface area contributed by atoms with Crippen molar-refractivity contribution >= 4 is 19.4 Å². The minimum atomic E-state index is -0.706. The number of carbonyl (C=O) groups excluding carboxylic acids is 2. The SMILES string of the molecule is CN1CC(=O)C(C(=O)OBO)C1. The molecule has 0 bridgehead atoms. The molecule has 5 nitrogen and oxygen atoms in total. The number of ketones is 1. The summed E-state index contributed by atoms with van der Waals surface area (Å²) >= 11 is 0. The van der Waals surface area contributed by atoms with Gasteiger partial charge in [0.1, 0.15) is 5.92 Å². The maximum absolute atomic E-state index is 11.1. The summed E-state index contributed by atoms with van der Waals surface area (Å²) in [7, 11) is 1.09. The lowest BCUT2D eigenvalue weighted by atomic mass is 10.1. The first-order chi connectivity index (χ1) is 5.65. The maximum Gasteiger partial charge on any atom is 0.506 e. The van der Waals surface area contributed by atoms with Crippen LogP contribution in [0.25, 0.3) is 0 Å². The zero-order chi connectivity index (χ0) is 9.14. The van der Waals surface area contributed by atoms with Gasteiger partial charge in [0.25, 0.3) is 0 Å². The topological polar surface area (TPSA) is 66.8 Å². The highest BCUT2D eigenvalue weighted by molar-refractivity contribution is 6.22. The highest BCUT2D eigenvalue weighted by atomic mass is 16.6. The number of carbonyl (C=O) groups is 2. The van der Waals surface area contributed by atoms with Gasteiger partial charge < -0.3 is 9.68 Å². The Kier molecular flexibility index (Phi) is 2.83. The van der Waals surface area contributed by atoms with Crippen molar-refractivity contribution in [1.29, 1.82) is 0 Å². The first-order valence-corrected chi connectivity index (χ1v) is 3.64. The molecule has 0 spiro atoms. The smallest absolute Gasteiger partial charge is 0.506 e. The normalized spacial score (nSPS) is 24.2. The van der Waals surface area contributed by atoms with Crippen molar-refractivity contribution in [3.05, 3.63) is 0 Å². The minimum Gasteiger partial charge on any atom is -0.512 e. The van der Waals surface area contributed by atoms with Gasteiger partial charge in [-0.2, -0.15) is 0 Å². The summed E-state index contributed by atoms with van der Waals surface area (Å²) < 4.78 is 4.31. The molecule has 0 aromatic heterocycles. The van der Waals surface area contributed by atoms with E-state index in [0.717, 1.165) is 0 Å². The fourth-order valence-corrected chi connectivity index (χ4v) is 1.22. The van der Waals surface area contributed by atoms with Crippen LogP contribution in [0, 0.1) is 5.92 Å². The number of rotatable bonds is 2. The lowest BCUT2D eigenvalue weighted by Crippen LogP contribution is -2.26. The maximum atomic E-state index is 11.1. The summed E-state index contributed by atoms with van der Waals surface area (Å²) in [5.74, 6) is -1.48. The van der Waals surface area contributed by atoms with E-state index in [1.807, 2.05) is 0 Å². The number of Topliss-reactive ketones (excluding diaryl/α,β-unsaturated/α-hetero) is 1. The quantitative estimate of drug-likeness (QED) is 0.381. The van der Waals surface area contributed by atoms with E-state index in [0.29, 0.717) is 6.54 Å². The molecule has 1 atom stereocenters. The predicted molar refractivity (Wildman–Crippen MR) is 41.5 cm³/mol. The Labute approximate surface area is 70.6 Å². The summed E-state index contributed by atoms with van der Waals surface area (Å²) in [5, 5.41) is 8.28. The Hall–Kier alpha value is -0.875. The second-order valence-electron chi connectivity index (χ2n) is 2.81. The number of hydrogen-bond donors (Lipinski definition) is 1. The molecule has 12 heavy (non-hydrogen) atoms. The van der Waals surface area contributed by atoms with E-state index < -0.39 is 19.6 Å². The molecule has 0 aliphatic carbocycles. The van der Waals surface area contributed by atoms with Crippen LogP contribution in [-0.2, 0) is 14.2 Å². The summed E-state index contributed by atoms with van der Waals surface area (Å²) in [4.78, 5) is 23.8. The van der Waals surface area contributed by atoms with Crippen LogP contribution in [0.4, 0.5) is 0 Å². The second kappa shape index (κ2) is 3.69. The third kappa shape index (κ3) is 1.83. The van der Waals surface area contributed by atoms with Crippen LogP contribution in [0.5, 0.6) is 0 Å². The molecule has 1 heterocycles. The second-order valence-corrected chi connectivity index (χ2v) is 2.81. The summed E-state index contributed by atoms with van der Waals surface area (Å²) in [6.45, 7) is 0.670. The Morgan fingerprint density at radius 1 is 1.83 bits per heavy atom. The molecule has 0 radical (unpaired) electrons. The average Bonchev–Trinajstić information content (AvgIpc) is 2.30. The van der Waals surface area contributed by atoms with Crippen molar-refractivity contribution in [1.82, 2.24) is 4.90 Å². The summed E-state index contributed by atoms with van der Waals surface area (Å²) in [6.07, 6.45) is 0. The van der Waals surface area contributed by atoms with Gasteiger partial charge >= 0.3 is 13.7 Å². The van der Waals surface area contributed by atoms with Crippen molar-refractivity contribution in [2.75, 3.05) is 20.1 Å². The van der Waals surface area contributed by atoms with Crippen LogP contribution < -0.4 is 0 Å². The standard InChI is InChI=1S/C6H10BNO4/c1-8-2-4(5(9)3-8)6(10)12-7-11/h4,7,11H,2-3H2,1H3. The van der Waals surface area contributed by atoms with E-state index in [9.17, 15) is 9.59 Å². The monoisotopic (exact) mass is 171 g/mol. The van der Waals surface area contributed by atoms with E-state index in [1.54, 1.807) is 11.9 Å². The first-order valence-electron chi connectivity index (χ1n) is 3.64. The molecule has 1 unspecified atom stereocenters. The van der Waals surface area contributed by atoms with Gasteiger partial charge in [-0.15, -0.1) is 0 Å². The van der Waals surface area contributed by atoms with E-state index in [1.165, 1.54) is 0 Å².